The molecule has 0 bridgehead atoms. The van der Waals surface area contributed by atoms with E-state index in [4.69, 9.17) is 15.8 Å². The molecule has 0 heterocycles. The highest BCUT2D eigenvalue weighted by Crippen LogP contribution is 2.26. The summed E-state index contributed by atoms with van der Waals surface area (Å²) in [5, 5.41) is 3.26. The van der Waals surface area contributed by atoms with E-state index in [1.807, 2.05) is 27.7 Å². The van der Waals surface area contributed by atoms with Crippen LogP contribution in [0.2, 0.25) is 5.02 Å². The van der Waals surface area contributed by atoms with E-state index in [-0.39, 0.29) is 30.4 Å². The lowest BCUT2D eigenvalue weighted by atomic mass is 10.1. The number of nitrogens with one attached hydrogen (secondary N) is 1. The van der Waals surface area contributed by atoms with Gasteiger partial charge in [-0.25, -0.2) is 4.79 Å². The van der Waals surface area contributed by atoms with Crippen LogP contribution in [0.1, 0.15) is 33.3 Å². The summed E-state index contributed by atoms with van der Waals surface area (Å²) in [6.45, 7) is 7.67. The van der Waals surface area contributed by atoms with Crippen molar-refractivity contribution in [3.05, 3.63) is 28.8 Å². The molecule has 1 N–H and O–H groups in total. The fourth-order valence-corrected chi connectivity index (χ4v) is 2.60. The molecule has 0 fully saturated rings. The summed E-state index contributed by atoms with van der Waals surface area (Å²) in [7, 11) is -3.67. The van der Waals surface area contributed by atoms with Gasteiger partial charge >= 0.3 is 16.1 Å². The van der Waals surface area contributed by atoms with Crippen molar-refractivity contribution in [1.29, 1.82) is 0 Å². The van der Waals surface area contributed by atoms with Gasteiger partial charge in [0.25, 0.3) is 0 Å². The van der Waals surface area contributed by atoms with Crippen LogP contribution in [0.3, 0.4) is 0 Å². The Bertz CT molecular complexity index is 659. The molecule has 0 aliphatic carbocycles. The van der Waals surface area contributed by atoms with E-state index in [1.165, 1.54) is 6.07 Å². The molecular formula is C15H23ClN2O4S. The molecule has 0 aliphatic rings. The minimum Gasteiger partial charge on any atom is -0.382 e. The second-order valence-corrected chi connectivity index (χ2v) is 7.88. The average molecular weight is 363 g/mol. The van der Waals surface area contributed by atoms with Gasteiger partial charge in [0.1, 0.15) is 5.75 Å². The summed E-state index contributed by atoms with van der Waals surface area (Å²) < 4.78 is 27.8. The largest absolute Gasteiger partial charge is 0.382 e. The smallest absolute Gasteiger partial charge is 0.318 e. The van der Waals surface area contributed by atoms with E-state index in [2.05, 4.69) is 5.32 Å². The third-order valence-corrected chi connectivity index (χ3v) is 3.62. The number of carbonyl (C=O) groups excluding carboxylic acids is 1. The number of urea groups is 1. The Morgan fingerprint density at radius 1 is 1.30 bits per heavy atom. The Morgan fingerprint density at radius 3 is 2.39 bits per heavy atom. The number of hydrogen-bond donors (Lipinski definition) is 1. The molecule has 0 atom stereocenters. The maximum absolute atomic E-state index is 12.3. The Balaban J connectivity index is 3.12. The molecule has 0 aliphatic heterocycles. The standard InChI is InChI=1S/C15H23ClN2O4S/c1-10(2)17-15(19)18(11(3)4)9-12-8-13(16)6-7-14(12)22-23(5,20)21/h6-8,10-11H,9H2,1-5H3,(H,17,19). The third kappa shape index (κ3) is 6.66. The molecule has 130 valence electrons. The van der Waals surface area contributed by atoms with Crippen molar-refractivity contribution in [2.75, 3.05) is 6.26 Å². The van der Waals surface area contributed by atoms with Crippen LogP contribution in [0.25, 0.3) is 0 Å². The van der Waals surface area contributed by atoms with E-state index < -0.39 is 10.1 Å². The second kappa shape index (κ2) is 7.88. The van der Waals surface area contributed by atoms with E-state index in [0.717, 1.165) is 6.26 Å². The van der Waals surface area contributed by atoms with Gasteiger partial charge in [0.2, 0.25) is 0 Å². The lowest BCUT2D eigenvalue weighted by Gasteiger charge is -2.28. The number of nitrogens with zero attached hydrogens (tertiary/aromatic N) is 1. The van der Waals surface area contributed by atoms with Crippen molar-refractivity contribution in [3.8, 4) is 5.75 Å². The van der Waals surface area contributed by atoms with E-state index in [9.17, 15) is 13.2 Å². The maximum atomic E-state index is 12.3. The number of amides is 2. The number of halogens is 1. The van der Waals surface area contributed by atoms with Crippen molar-refractivity contribution >= 4 is 27.8 Å². The van der Waals surface area contributed by atoms with Gasteiger partial charge in [-0.05, 0) is 45.9 Å². The summed E-state index contributed by atoms with van der Waals surface area (Å²) in [6.07, 6.45) is 0.969. The minimum absolute atomic E-state index is 0.00477. The zero-order valence-electron chi connectivity index (χ0n) is 14.0. The number of rotatable bonds is 6. The normalized spacial score (nSPS) is 11.7. The molecule has 0 saturated heterocycles. The third-order valence-electron chi connectivity index (χ3n) is 2.90. The van der Waals surface area contributed by atoms with Crippen molar-refractivity contribution in [3.63, 3.8) is 0 Å². The van der Waals surface area contributed by atoms with Crippen LogP contribution in [0, 0.1) is 0 Å². The van der Waals surface area contributed by atoms with Gasteiger partial charge in [0.15, 0.2) is 0 Å². The van der Waals surface area contributed by atoms with Crippen molar-refractivity contribution in [2.24, 2.45) is 0 Å². The quantitative estimate of drug-likeness (QED) is 0.789. The molecule has 0 unspecified atom stereocenters. The van der Waals surface area contributed by atoms with Crippen LogP contribution in [-0.2, 0) is 16.7 Å². The van der Waals surface area contributed by atoms with E-state index >= 15 is 0 Å². The molecule has 0 radical (unpaired) electrons. The Morgan fingerprint density at radius 2 is 1.91 bits per heavy atom. The molecule has 1 aromatic rings. The molecule has 8 heteroatoms. The highest BCUT2D eigenvalue weighted by Gasteiger charge is 2.21. The van der Waals surface area contributed by atoms with Crippen molar-refractivity contribution in [1.82, 2.24) is 10.2 Å². The first-order valence-corrected chi connectivity index (χ1v) is 9.44. The molecule has 1 rings (SSSR count). The number of carbonyl (C=O) groups is 1. The molecule has 23 heavy (non-hydrogen) atoms. The molecule has 2 amide bonds. The minimum atomic E-state index is -3.67. The predicted octanol–water partition coefficient (Wildman–Crippen LogP) is 3.01. The summed E-state index contributed by atoms with van der Waals surface area (Å²) in [4.78, 5) is 13.9. The van der Waals surface area contributed by atoms with Crippen molar-refractivity contribution < 1.29 is 17.4 Å². The van der Waals surface area contributed by atoms with Gasteiger partial charge in [-0.2, -0.15) is 8.42 Å². The molecule has 0 aromatic heterocycles. The summed E-state index contributed by atoms with van der Waals surface area (Å²) in [5.74, 6) is 0.167. The van der Waals surface area contributed by atoms with Gasteiger partial charge in [0, 0.05) is 22.7 Å². The van der Waals surface area contributed by atoms with Gasteiger partial charge in [-0.3, -0.25) is 0 Å². The first-order valence-electron chi connectivity index (χ1n) is 7.24. The Kier molecular flexibility index (Phi) is 6.70. The highest BCUT2D eigenvalue weighted by molar-refractivity contribution is 7.86. The van der Waals surface area contributed by atoms with Crippen LogP contribution in [0.5, 0.6) is 5.75 Å². The number of benzene rings is 1. The molecule has 1 aromatic carbocycles. The molecule has 6 nitrogen and oxygen atoms in total. The van der Waals surface area contributed by atoms with Crippen LogP contribution < -0.4 is 9.50 Å². The monoisotopic (exact) mass is 362 g/mol. The highest BCUT2D eigenvalue weighted by atomic mass is 35.5. The van der Waals surface area contributed by atoms with Gasteiger partial charge in [-0.15, -0.1) is 0 Å². The van der Waals surface area contributed by atoms with Crippen LogP contribution in [0.15, 0.2) is 18.2 Å². The van der Waals surface area contributed by atoms with Crippen LogP contribution in [0.4, 0.5) is 4.79 Å². The topological polar surface area (TPSA) is 75.7 Å². The first-order chi connectivity index (χ1) is 10.5. The first kappa shape index (κ1) is 19.6. The number of hydrogen-bond acceptors (Lipinski definition) is 4. The van der Waals surface area contributed by atoms with Gasteiger partial charge < -0.3 is 14.4 Å². The summed E-state index contributed by atoms with van der Waals surface area (Å²) in [6, 6.07) is 4.30. The maximum Gasteiger partial charge on any atom is 0.318 e. The second-order valence-electron chi connectivity index (χ2n) is 5.87. The van der Waals surface area contributed by atoms with E-state index in [0.29, 0.717) is 10.6 Å². The summed E-state index contributed by atoms with van der Waals surface area (Å²) >= 11 is 5.99. The fourth-order valence-electron chi connectivity index (χ4n) is 1.92. The Labute approximate surface area is 142 Å². The molecular weight excluding hydrogens is 340 g/mol. The van der Waals surface area contributed by atoms with Gasteiger partial charge in [-0.1, -0.05) is 11.6 Å². The summed E-state index contributed by atoms with van der Waals surface area (Å²) in [5.41, 5.74) is 0.524. The lowest BCUT2D eigenvalue weighted by Crippen LogP contribution is -2.45. The van der Waals surface area contributed by atoms with Crippen LogP contribution in [-0.4, -0.2) is 37.7 Å². The fraction of sp³-hybridized carbons (Fsp3) is 0.533. The van der Waals surface area contributed by atoms with Crippen LogP contribution >= 0.6 is 11.6 Å². The predicted molar refractivity (Wildman–Crippen MR) is 91.3 cm³/mol. The SMILES string of the molecule is CC(C)NC(=O)N(Cc1cc(Cl)ccc1OS(C)(=O)=O)C(C)C. The molecule has 0 saturated carbocycles. The van der Waals surface area contributed by atoms with Crippen molar-refractivity contribution in [2.45, 2.75) is 46.3 Å². The Hall–Kier alpha value is -1.47. The molecule has 0 spiro atoms. The zero-order valence-corrected chi connectivity index (χ0v) is 15.5. The zero-order chi connectivity index (χ0) is 17.8. The van der Waals surface area contributed by atoms with E-state index in [1.54, 1.807) is 17.0 Å². The lowest BCUT2D eigenvalue weighted by molar-refractivity contribution is 0.177. The average Bonchev–Trinajstić information content (AvgIpc) is 2.35. The van der Waals surface area contributed by atoms with Gasteiger partial charge in [0.05, 0.1) is 12.8 Å².